The zero-order valence-corrected chi connectivity index (χ0v) is 20.8. The third-order valence-electron chi connectivity index (χ3n) is 6.70. The number of H-pyrrole nitrogens is 1. The van der Waals surface area contributed by atoms with E-state index in [0.717, 1.165) is 80.3 Å². The van der Waals surface area contributed by atoms with Gasteiger partial charge in [0, 0.05) is 23.7 Å². The van der Waals surface area contributed by atoms with Crippen LogP contribution in [0.5, 0.6) is 0 Å². The van der Waals surface area contributed by atoms with Gasteiger partial charge in [0.15, 0.2) is 0 Å². The molecule has 4 rings (SSSR count). The van der Waals surface area contributed by atoms with Crippen molar-refractivity contribution in [2.75, 3.05) is 11.9 Å². The largest absolute Gasteiger partial charge is 0.416 e. The van der Waals surface area contributed by atoms with Crippen molar-refractivity contribution >= 4 is 23.3 Å². The summed E-state index contributed by atoms with van der Waals surface area (Å²) in [6.07, 6.45) is 0.713. The fourth-order valence-electron chi connectivity index (χ4n) is 4.74. The van der Waals surface area contributed by atoms with Gasteiger partial charge in [-0.05, 0) is 56.2 Å². The van der Waals surface area contributed by atoms with Crippen LogP contribution in [0.2, 0.25) is 5.02 Å². The molecule has 5 nitrogen and oxygen atoms in total. The van der Waals surface area contributed by atoms with Crippen molar-refractivity contribution in [3.63, 3.8) is 0 Å². The number of rotatable bonds is 8. The van der Waals surface area contributed by atoms with Gasteiger partial charge in [-0.2, -0.15) is 18.3 Å². The van der Waals surface area contributed by atoms with Crippen LogP contribution in [-0.4, -0.2) is 28.7 Å². The highest BCUT2D eigenvalue weighted by Crippen LogP contribution is 2.33. The van der Waals surface area contributed by atoms with E-state index in [1.165, 1.54) is 5.56 Å². The van der Waals surface area contributed by atoms with Crippen molar-refractivity contribution in [1.82, 2.24) is 15.5 Å². The number of carbonyl (C=O) groups is 1. The summed E-state index contributed by atoms with van der Waals surface area (Å²) < 4.78 is 39.1. The Hall–Kier alpha value is -3.00. The molecule has 1 fully saturated rings. The molecule has 3 aromatic rings. The summed E-state index contributed by atoms with van der Waals surface area (Å²) in [5, 5.41) is 14.1. The molecule has 2 aromatic carbocycles. The molecule has 0 unspecified atom stereocenters. The van der Waals surface area contributed by atoms with E-state index in [-0.39, 0.29) is 16.6 Å². The lowest BCUT2D eigenvalue weighted by Crippen LogP contribution is -2.38. The minimum Gasteiger partial charge on any atom is -0.370 e. The van der Waals surface area contributed by atoms with Crippen molar-refractivity contribution in [2.24, 2.45) is 5.92 Å². The predicted molar refractivity (Wildman–Crippen MR) is 136 cm³/mol. The summed E-state index contributed by atoms with van der Waals surface area (Å²) in [6.45, 7) is 2.93. The summed E-state index contributed by atoms with van der Waals surface area (Å²) in [7, 11) is 0. The Morgan fingerprint density at radius 2 is 1.83 bits per heavy atom. The minimum absolute atomic E-state index is 0.00991. The topological polar surface area (TPSA) is 69.8 Å². The molecule has 1 amide bonds. The number of nitrogens with zero attached hydrogens (tertiary/aromatic N) is 1. The van der Waals surface area contributed by atoms with Crippen molar-refractivity contribution in [1.29, 1.82) is 0 Å². The number of hydrogen-bond donors (Lipinski definition) is 3. The fraction of sp³-hybridized carbons (Fsp3) is 0.407. The highest BCUT2D eigenvalue weighted by atomic mass is 35.5. The molecule has 0 bridgehead atoms. The van der Waals surface area contributed by atoms with Crippen LogP contribution in [0.4, 0.5) is 19.0 Å². The van der Waals surface area contributed by atoms with Crippen LogP contribution < -0.4 is 10.6 Å². The molecular weight excluding hydrogens is 489 g/mol. The van der Waals surface area contributed by atoms with Gasteiger partial charge in [0.2, 0.25) is 0 Å². The first kappa shape index (κ1) is 26.1. The zero-order chi connectivity index (χ0) is 25.7. The molecule has 0 saturated heterocycles. The number of aromatic amines is 1. The Morgan fingerprint density at radius 3 is 2.50 bits per heavy atom. The third kappa shape index (κ3) is 6.22. The number of hydrogen-bond acceptors (Lipinski definition) is 3. The third-order valence-corrected chi connectivity index (χ3v) is 7.03. The minimum atomic E-state index is -4.53. The Kier molecular flexibility index (Phi) is 8.24. The number of halogens is 4. The van der Waals surface area contributed by atoms with E-state index in [9.17, 15) is 18.0 Å². The molecule has 0 spiro atoms. The van der Waals surface area contributed by atoms with E-state index >= 15 is 0 Å². The van der Waals surface area contributed by atoms with Crippen LogP contribution in [-0.2, 0) is 12.6 Å². The normalized spacial score (nSPS) is 18.1. The molecular formula is C27H30ClF3N4O. The van der Waals surface area contributed by atoms with Crippen LogP contribution in [0, 0.1) is 5.92 Å². The van der Waals surface area contributed by atoms with E-state index < -0.39 is 17.6 Å². The number of amides is 1. The lowest BCUT2D eigenvalue weighted by Gasteiger charge is -2.29. The number of nitrogens with one attached hydrogen (secondary N) is 3. The summed E-state index contributed by atoms with van der Waals surface area (Å²) in [6, 6.07) is 12.8. The summed E-state index contributed by atoms with van der Waals surface area (Å²) >= 11 is 6.01. The van der Waals surface area contributed by atoms with E-state index in [1.807, 2.05) is 18.2 Å². The number of anilines is 1. The fourth-order valence-corrected chi connectivity index (χ4v) is 4.94. The molecule has 1 aliphatic rings. The summed E-state index contributed by atoms with van der Waals surface area (Å²) in [4.78, 5) is 12.6. The average Bonchev–Trinajstić information content (AvgIpc) is 3.26. The smallest absolute Gasteiger partial charge is 0.370 e. The lowest BCUT2D eigenvalue weighted by molar-refractivity contribution is -0.137. The van der Waals surface area contributed by atoms with Crippen molar-refractivity contribution < 1.29 is 18.0 Å². The maximum Gasteiger partial charge on any atom is 0.416 e. The molecule has 1 aromatic heterocycles. The standard InChI is InChI=1S/C27H30ClF3N4O/c1-2-6-21-24(18-7-4-3-5-8-18)34-35-25(21)32-16-17-9-12-20(13-10-17)33-26(36)22-15-19(27(29,30)31)11-14-23(22)28/h3-5,7-8,11,14-15,17,20H,2,6,9-10,12-13,16H2,1H3,(H,33,36)(H2,32,34,35). The van der Waals surface area contributed by atoms with Gasteiger partial charge in [0.1, 0.15) is 5.82 Å². The van der Waals surface area contributed by atoms with Crippen molar-refractivity contribution in [2.45, 2.75) is 57.7 Å². The average molecular weight is 519 g/mol. The Labute approximate surface area is 213 Å². The van der Waals surface area contributed by atoms with Crippen LogP contribution >= 0.6 is 11.6 Å². The maximum atomic E-state index is 13.0. The van der Waals surface area contributed by atoms with Gasteiger partial charge in [0.25, 0.3) is 5.91 Å². The molecule has 0 radical (unpaired) electrons. The number of carbonyl (C=O) groups excluding carboxylic acids is 1. The molecule has 36 heavy (non-hydrogen) atoms. The van der Waals surface area contributed by atoms with E-state index in [0.29, 0.717) is 5.92 Å². The second-order valence-corrected chi connectivity index (χ2v) is 9.71. The van der Waals surface area contributed by atoms with Crippen LogP contribution in [0.15, 0.2) is 48.5 Å². The van der Waals surface area contributed by atoms with E-state index in [2.05, 4.69) is 39.9 Å². The quantitative estimate of drug-likeness (QED) is 0.298. The van der Waals surface area contributed by atoms with Crippen LogP contribution in [0.1, 0.15) is 60.5 Å². The Bertz CT molecular complexity index is 1170. The van der Waals surface area contributed by atoms with Gasteiger partial charge in [-0.15, -0.1) is 0 Å². The second kappa shape index (κ2) is 11.4. The Morgan fingerprint density at radius 1 is 1.11 bits per heavy atom. The first-order valence-electron chi connectivity index (χ1n) is 12.3. The number of benzene rings is 2. The molecule has 3 N–H and O–H groups in total. The van der Waals surface area contributed by atoms with E-state index in [4.69, 9.17) is 11.6 Å². The SMILES string of the molecule is CCCc1c(-c2ccccc2)n[nH]c1NCC1CCC(NC(=O)c2cc(C(F)(F)F)ccc2Cl)CC1. The van der Waals surface area contributed by atoms with Gasteiger partial charge < -0.3 is 10.6 Å². The van der Waals surface area contributed by atoms with Crippen LogP contribution in [0.3, 0.4) is 0 Å². The first-order valence-corrected chi connectivity index (χ1v) is 12.7. The van der Waals surface area contributed by atoms with Crippen molar-refractivity contribution in [3.8, 4) is 11.3 Å². The summed E-state index contributed by atoms with van der Waals surface area (Å²) in [5.41, 5.74) is 2.21. The molecule has 1 heterocycles. The van der Waals surface area contributed by atoms with Crippen LogP contribution in [0.25, 0.3) is 11.3 Å². The highest BCUT2D eigenvalue weighted by Gasteiger charge is 2.32. The van der Waals surface area contributed by atoms with Crippen molar-refractivity contribution in [3.05, 3.63) is 70.2 Å². The molecule has 0 atom stereocenters. The first-order chi connectivity index (χ1) is 17.3. The number of alkyl halides is 3. The molecule has 192 valence electrons. The van der Waals surface area contributed by atoms with Gasteiger partial charge >= 0.3 is 6.18 Å². The molecule has 0 aliphatic heterocycles. The molecule has 9 heteroatoms. The van der Waals surface area contributed by atoms with Gasteiger partial charge in [-0.3, -0.25) is 9.89 Å². The monoisotopic (exact) mass is 518 g/mol. The maximum absolute atomic E-state index is 13.0. The van der Waals surface area contributed by atoms with Gasteiger partial charge in [-0.1, -0.05) is 55.3 Å². The lowest BCUT2D eigenvalue weighted by atomic mass is 9.86. The zero-order valence-electron chi connectivity index (χ0n) is 20.1. The van der Waals surface area contributed by atoms with E-state index in [1.54, 1.807) is 0 Å². The Balaban J connectivity index is 1.31. The predicted octanol–water partition coefficient (Wildman–Crippen LogP) is 7.10. The summed E-state index contributed by atoms with van der Waals surface area (Å²) in [5.74, 6) is 0.807. The second-order valence-electron chi connectivity index (χ2n) is 9.31. The molecule has 1 aliphatic carbocycles. The highest BCUT2D eigenvalue weighted by molar-refractivity contribution is 6.33. The van der Waals surface area contributed by atoms with Gasteiger partial charge in [-0.25, -0.2) is 0 Å². The number of aromatic nitrogens is 2. The molecule has 1 saturated carbocycles. The van der Waals surface area contributed by atoms with Gasteiger partial charge in [0.05, 0.1) is 21.8 Å².